The van der Waals surface area contributed by atoms with Crippen LogP contribution in [0.25, 0.3) is 11.1 Å². The Morgan fingerprint density at radius 2 is 2.06 bits per heavy atom. The van der Waals surface area contributed by atoms with Gasteiger partial charge in [0.05, 0.1) is 24.1 Å². The van der Waals surface area contributed by atoms with E-state index in [1.54, 1.807) is 18.5 Å². The number of nitrogens with two attached hydrogens (primary N) is 1. The molecule has 4 rings (SSSR count). The maximum Gasteiger partial charge on any atom is 0.287 e. The van der Waals surface area contributed by atoms with Crippen LogP contribution in [-0.4, -0.2) is 38.7 Å². The van der Waals surface area contributed by atoms with Crippen LogP contribution in [0.2, 0.25) is 5.02 Å². The molecule has 2 heterocycles. The van der Waals surface area contributed by atoms with Crippen molar-refractivity contribution in [3.63, 3.8) is 0 Å². The molecule has 0 amide bonds. The predicted octanol–water partition coefficient (Wildman–Crippen LogP) is 4.29. The summed E-state index contributed by atoms with van der Waals surface area (Å²) in [7, 11) is 0. The van der Waals surface area contributed by atoms with Crippen LogP contribution in [0, 0.1) is 0 Å². The van der Waals surface area contributed by atoms with Crippen LogP contribution in [0.15, 0.2) is 46.6 Å². The lowest BCUT2D eigenvalue weighted by atomic mass is 9.96. The second-order valence-corrected chi connectivity index (χ2v) is 8.60. The Morgan fingerprint density at radius 1 is 1.30 bits per heavy atom. The van der Waals surface area contributed by atoms with Gasteiger partial charge in [-0.05, 0) is 37.5 Å². The first-order valence-electron chi connectivity index (χ1n) is 11.1. The molecule has 10 heteroatoms. The standard InChI is InChI=1S/C23H28ClN7O2/c1-15(10-26-14-25)33-21-9-16(7-8-19(21)24)17-11-27-23(28-12-17)29-20-13-31(30-22(20)32)18-5-3-2-4-6-18/h7-9,11-15,18H,2-6,10H2,1H3,(H2,25,26)(H,30,32)(H,27,28,29)/t15-/m0/s1. The van der Waals surface area contributed by atoms with Gasteiger partial charge in [0.15, 0.2) is 0 Å². The monoisotopic (exact) mass is 469 g/mol. The van der Waals surface area contributed by atoms with E-state index < -0.39 is 0 Å². The van der Waals surface area contributed by atoms with Crippen molar-refractivity contribution in [1.82, 2.24) is 19.7 Å². The summed E-state index contributed by atoms with van der Waals surface area (Å²) in [5.41, 5.74) is 7.20. The van der Waals surface area contributed by atoms with Gasteiger partial charge in [0.25, 0.3) is 5.56 Å². The molecule has 0 radical (unpaired) electrons. The van der Waals surface area contributed by atoms with Gasteiger partial charge >= 0.3 is 0 Å². The molecule has 9 nitrogen and oxygen atoms in total. The highest BCUT2D eigenvalue weighted by molar-refractivity contribution is 6.32. The molecule has 0 bridgehead atoms. The average molecular weight is 470 g/mol. The normalized spacial score (nSPS) is 15.6. The van der Waals surface area contributed by atoms with Crippen molar-refractivity contribution in [1.29, 1.82) is 0 Å². The van der Waals surface area contributed by atoms with E-state index in [1.165, 1.54) is 25.6 Å². The van der Waals surface area contributed by atoms with Gasteiger partial charge in [-0.1, -0.05) is 36.9 Å². The molecule has 2 aromatic heterocycles. The Bertz CT molecular complexity index is 1150. The van der Waals surface area contributed by atoms with Crippen LogP contribution in [0.3, 0.4) is 0 Å². The minimum absolute atomic E-state index is 0.180. The third kappa shape index (κ3) is 5.73. The SMILES string of the molecule is C[C@@H](CN=CN)Oc1cc(-c2cnc(Nc3cn(C4CCCCC4)[nH]c3=O)nc2)ccc1Cl. The number of halogens is 1. The highest BCUT2D eigenvalue weighted by Crippen LogP contribution is 2.31. The largest absolute Gasteiger partial charge is 0.487 e. The number of hydrogen-bond donors (Lipinski definition) is 3. The fourth-order valence-electron chi connectivity index (χ4n) is 3.95. The molecule has 0 unspecified atom stereocenters. The Balaban J connectivity index is 1.46. The van der Waals surface area contributed by atoms with Crippen molar-refractivity contribution in [2.45, 2.75) is 51.2 Å². The lowest BCUT2D eigenvalue weighted by Crippen LogP contribution is -2.16. The molecular weight excluding hydrogens is 442 g/mol. The number of nitrogens with zero attached hydrogens (tertiary/aromatic N) is 4. The van der Waals surface area contributed by atoms with Gasteiger partial charge in [-0.2, -0.15) is 0 Å². The van der Waals surface area contributed by atoms with E-state index in [1.807, 2.05) is 29.9 Å². The van der Waals surface area contributed by atoms with E-state index in [0.717, 1.165) is 24.0 Å². The highest BCUT2D eigenvalue weighted by atomic mass is 35.5. The number of nitrogens with one attached hydrogen (secondary N) is 2. The van der Waals surface area contributed by atoms with Gasteiger partial charge in [0.2, 0.25) is 5.95 Å². The molecule has 1 aromatic carbocycles. The highest BCUT2D eigenvalue weighted by Gasteiger charge is 2.17. The third-order valence-electron chi connectivity index (χ3n) is 5.67. The van der Waals surface area contributed by atoms with E-state index in [9.17, 15) is 4.79 Å². The topological polar surface area (TPSA) is 123 Å². The molecule has 1 atom stereocenters. The number of aromatic amines is 1. The number of aliphatic imine (C=N–C) groups is 1. The zero-order chi connectivity index (χ0) is 23.2. The number of anilines is 2. The second-order valence-electron chi connectivity index (χ2n) is 8.19. The van der Waals surface area contributed by atoms with E-state index in [2.05, 4.69) is 25.4 Å². The van der Waals surface area contributed by atoms with E-state index >= 15 is 0 Å². The van der Waals surface area contributed by atoms with Gasteiger partial charge in [-0.3, -0.25) is 19.6 Å². The zero-order valence-electron chi connectivity index (χ0n) is 18.5. The van der Waals surface area contributed by atoms with Crippen LogP contribution in [0.4, 0.5) is 11.6 Å². The predicted molar refractivity (Wildman–Crippen MR) is 131 cm³/mol. The van der Waals surface area contributed by atoms with Crippen molar-refractivity contribution in [2.75, 3.05) is 11.9 Å². The summed E-state index contributed by atoms with van der Waals surface area (Å²) < 4.78 is 7.79. The summed E-state index contributed by atoms with van der Waals surface area (Å²) in [4.78, 5) is 25.1. The number of rotatable bonds is 8. The first kappa shape index (κ1) is 22.8. The van der Waals surface area contributed by atoms with E-state index in [0.29, 0.717) is 35.0 Å². The molecule has 3 aromatic rings. The Morgan fingerprint density at radius 3 is 2.79 bits per heavy atom. The number of benzene rings is 1. The van der Waals surface area contributed by atoms with Gasteiger partial charge in [-0.15, -0.1) is 0 Å². The van der Waals surface area contributed by atoms with Crippen molar-refractivity contribution in [3.05, 3.63) is 52.2 Å². The molecule has 0 aliphatic heterocycles. The lowest BCUT2D eigenvalue weighted by Gasteiger charge is -2.22. The minimum atomic E-state index is -0.181. The quantitative estimate of drug-likeness (QED) is 0.334. The minimum Gasteiger partial charge on any atom is -0.487 e. The Labute approximate surface area is 197 Å². The summed E-state index contributed by atoms with van der Waals surface area (Å²) in [6.07, 6.45) is 12.1. The molecule has 1 aliphatic rings. The smallest absolute Gasteiger partial charge is 0.287 e. The van der Waals surface area contributed by atoms with Crippen LogP contribution in [-0.2, 0) is 0 Å². The third-order valence-corrected chi connectivity index (χ3v) is 5.98. The molecule has 174 valence electrons. The van der Waals surface area contributed by atoms with Crippen molar-refractivity contribution < 1.29 is 4.74 Å². The lowest BCUT2D eigenvalue weighted by molar-refractivity contribution is 0.231. The molecule has 1 fully saturated rings. The first-order valence-corrected chi connectivity index (χ1v) is 11.5. The maximum absolute atomic E-state index is 12.4. The molecule has 0 saturated heterocycles. The molecule has 1 aliphatic carbocycles. The van der Waals surface area contributed by atoms with Crippen LogP contribution in [0.5, 0.6) is 5.75 Å². The fourth-order valence-corrected chi connectivity index (χ4v) is 4.11. The number of ether oxygens (including phenoxy) is 1. The van der Waals surface area contributed by atoms with Crippen LogP contribution in [0.1, 0.15) is 45.1 Å². The molecule has 4 N–H and O–H groups in total. The van der Waals surface area contributed by atoms with E-state index in [4.69, 9.17) is 22.1 Å². The summed E-state index contributed by atoms with van der Waals surface area (Å²) in [5, 5.41) is 6.44. The van der Waals surface area contributed by atoms with Gasteiger partial charge < -0.3 is 15.8 Å². The maximum atomic E-state index is 12.4. The summed E-state index contributed by atoms with van der Waals surface area (Å²) >= 11 is 6.29. The van der Waals surface area contributed by atoms with Crippen LogP contribution >= 0.6 is 11.6 Å². The van der Waals surface area contributed by atoms with Crippen molar-refractivity contribution in [3.8, 4) is 16.9 Å². The Kier molecular flexibility index (Phi) is 7.29. The number of H-pyrrole nitrogens is 1. The molecule has 0 spiro atoms. The summed E-state index contributed by atoms with van der Waals surface area (Å²) in [6.45, 7) is 2.32. The molecule has 33 heavy (non-hydrogen) atoms. The average Bonchev–Trinajstić information content (AvgIpc) is 3.20. The van der Waals surface area contributed by atoms with E-state index in [-0.39, 0.29) is 11.7 Å². The Hall–Kier alpha value is -3.33. The molecular formula is C23H28ClN7O2. The van der Waals surface area contributed by atoms with Crippen molar-refractivity contribution >= 4 is 29.6 Å². The number of hydrogen-bond acceptors (Lipinski definition) is 6. The van der Waals surface area contributed by atoms with Gasteiger partial charge in [0.1, 0.15) is 17.5 Å². The first-order chi connectivity index (χ1) is 16.0. The van der Waals surface area contributed by atoms with Gasteiger partial charge in [0, 0.05) is 24.0 Å². The summed E-state index contributed by atoms with van der Waals surface area (Å²) in [5.74, 6) is 0.899. The van der Waals surface area contributed by atoms with Gasteiger partial charge in [-0.25, -0.2) is 9.97 Å². The second kappa shape index (κ2) is 10.5. The zero-order valence-corrected chi connectivity index (χ0v) is 19.3. The molecule has 1 saturated carbocycles. The fraction of sp³-hybridized carbons (Fsp3) is 0.391. The van der Waals surface area contributed by atoms with Crippen LogP contribution < -0.4 is 21.3 Å². The van der Waals surface area contributed by atoms with Crippen molar-refractivity contribution in [2.24, 2.45) is 10.7 Å². The number of aromatic nitrogens is 4. The summed E-state index contributed by atoms with van der Waals surface area (Å²) in [6, 6.07) is 5.83.